The van der Waals surface area contributed by atoms with Gasteiger partial charge in [-0.3, -0.25) is 4.79 Å². The molecule has 0 fully saturated rings. The second kappa shape index (κ2) is 7.67. The van der Waals surface area contributed by atoms with Crippen LogP contribution in [0.4, 0.5) is 0 Å². The van der Waals surface area contributed by atoms with E-state index in [1.165, 1.54) is 13.0 Å². The molecule has 19 heavy (non-hydrogen) atoms. The van der Waals surface area contributed by atoms with Crippen molar-refractivity contribution in [3.05, 3.63) is 65.7 Å². The minimum Gasteiger partial charge on any atom is -0.508 e. The number of nitriles is 1. The van der Waals surface area contributed by atoms with Crippen LogP contribution in [0.3, 0.4) is 0 Å². The van der Waals surface area contributed by atoms with Crippen LogP contribution in [0.1, 0.15) is 18.1 Å². The fourth-order valence-electron chi connectivity index (χ4n) is 1.50. The summed E-state index contributed by atoms with van der Waals surface area (Å²) in [7, 11) is 0. The van der Waals surface area contributed by atoms with Gasteiger partial charge in [0.2, 0.25) is 0 Å². The molecule has 3 nitrogen and oxygen atoms in total. The van der Waals surface area contributed by atoms with Gasteiger partial charge in [0.25, 0.3) is 0 Å². The number of rotatable bonds is 2. The Bertz CT molecular complexity index is 544. The molecule has 0 aliphatic heterocycles. The summed E-state index contributed by atoms with van der Waals surface area (Å²) in [4.78, 5) is 10.8. The predicted octanol–water partition coefficient (Wildman–Crippen LogP) is 3.08. The molecule has 0 aliphatic carbocycles. The van der Waals surface area contributed by atoms with Crippen molar-refractivity contribution in [1.82, 2.24) is 0 Å². The zero-order valence-electron chi connectivity index (χ0n) is 10.7. The Labute approximate surface area is 112 Å². The Balaban J connectivity index is 0.000000250. The SMILES string of the molecule is CC(=O)Cc1c(O)cccc1C#N.c1ccccc1. The lowest BCUT2D eigenvalue weighted by atomic mass is 10.0. The fraction of sp³-hybridized carbons (Fsp3) is 0.125. The highest BCUT2D eigenvalue weighted by atomic mass is 16.3. The molecule has 96 valence electrons. The van der Waals surface area contributed by atoms with Gasteiger partial charge in [0, 0.05) is 12.0 Å². The zero-order valence-corrected chi connectivity index (χ0v) is 10.7. The molecule has 0 aliphatic rings. The molecule has 0 bridgehead atoms. The lowest BCUT2D eigenvalue weighted by Crippen LogP contribution is -1.99. The number of phenolic OH excluding ortho intramolecular Hbond substituents is 1. The van der Waals surface area contributed by atoms with Crippen molar-refractivity contribution >= 4 is 5.78 Å². The molecule has 0 saturated carbocycles. The van der Waals surface area contributed by atoms with Gasteiger partial charge >= 0.3 is 0 Å². The minimum absolute atomic E-state index is 0.00856. The summed E-state index contributed by atoms with van der Waals surface area (Å²) in [5, 5.41) is 18.1. The first-order valence-electron chi connectivity index (χ1n) is 5.85. The summed E-state index contributed by atoms with van der Waals surface area (Å²) in [6, 6.07) is 18.6. The molecule has 0 amide bonds. The third-order valence-electron chi connectivity index (χ3n) is 2.36. The van der Waals surface area contributed by atoms with Crippen LogP contribution in [0.25, 0.3) is 0 Å². The van der Waals surface area contributed by atoms with E-state index in [4.69, 9.17) is 5.26 Å². The van der Waals surface area contributed by atoms with Gasteiger partial charge in [-0.05, 0) is 19.1 Å². The van der Waals surface area contributed by atoms with Crippen molar-refractivity contribution in [2.24, 2.45) is 0 Å². The number of nitrogens with zero attached hydrogens (tertiary/aromatic N) is 1. The lowest BCUT2D eigenvalue weighted by molar-refractivity contribution is -0.116. The third kappa shape index (κ3) is 5.05. The van der Waals surface area contributed by atoms with Crippen LogP contribution in [-0.2, 0) is 11.2 Å². The summed E-state index contributed by atoms with van der Waals surface area (Å²) in [6.45, 7) is 1.42. The molecular weight excluding hydrogens is 238 g/mol. The van der Waals surface area contributed by atoms with Crippen LogP contribution in [0, 0.1) is 11.3 Å². The molecule has 0 spiro atoms. The monoisotopic (exact) mass is 253 g/mol. The molecule has 2 aromatic rings. The number of hydrogen-bond acceptors (Lipinski definition) is 3. The molecule has 0 radical (unpaired) electrons. The van der Waals surface area contributed by atoms with E-state index in [0.29, 0.717) is 11.1 Å². The van der Waals surface area contributed by atoms with Gasteiger partial charge in [-0.15, -0.1) is 0 Å². The number of Topliss-reactive ketones (excluding diaryl/α,β-unsaturated/α-hetero) is 1. The zero-order chi connectivity index (χ0) is 14.1. The number of phenols is 1. The van der Waals surface area contributed by atoms with Crippen molar-refractivity contribution in [3.8, 4) is 11.8 Å². The molecular formula is C16H15NO2. The van der Waals surface area contributed by atoms with Crippen LogP contribution in [0.2, 0.25) is 0 Å². The summed E-state index contributed by atoms with van der Waals surface area (Å²) < 4.78 is 0. The smallest absolute Gasteiger partial charge is 0.134 e. The van der Waals surface area contributed by atoms with Gasteiger partial charge in [0.1, 0.15) is 11.5 Å². The van der Waals surface area contributed by atoms with Crippen LogP contribution in [-0.4, -0.2) is 10.9 Å². The first kappa shape index (κ1) is 14.5. The summed E-state index contributed by atoms with van der Waals surface area (Å²) in [6.07, 6.45) is 0.107. The van der Waals surface area contributed by atoms with Gasteiger partial charge in [-0.1, -0.05) is 42.5 Å². The fourth-order valence-corrected chi connectivity index (χ4v) is 1.50. The van der Waals surface area contributed by atoms with E-state index in [0.717, 1.165) is 0 Å². The Morgan fingerprint density at radius 2 is 1.63 bits per heavy atom. The summed E-state index contributed by atoms with van der Waals surface area (Å²) in [5.41, 5.74) is 0.771. The van der Waals surface area contributed by atoms with Gasteiger partial charge in [0.15, 0.2) is 0 Å². The van der Waals surface area contributed by atoms with E-state index in [1.807, 2.05) is 42.5 Å². The minimum atomic E-state index is -0.0713. The number of benzene rings is 2. The highest BCUT2D eigenvalue weighted by Gasteiger charge is 2.08. The van der Waals surface area contributed by atoms with Crippen molar-refractivity contribution < 1.29 is 9.90 Å². The van der Waals surface area contributed by atoms with E-state index in [2.05, 4.69) is 0 Å². The van der Waals surface area contributed by atoms with E-state index < -0.39 is 0 Å². The van der Waals surface area contributed by atoms with Crippen LogP contribution in [0.15, 0.2) is 54.6 Å². The molecule has 3 heteroatoms. The Kier molecular flexibility index (Phi) is 5.84. The average molecular weight is 253 g/mol. The largest absolute Gasteiger partial charge is 0.508 e. The van der Waals surface area contributed by atoms with Crippen molar-refractivity contribution in [2.45, 2.75) is 13.3 Å². The van der Waals surface area contributed by atoms with E-state index in [-0.39, 0.29) is 18.0 Å². The quantitative estimate of drug-likeness (QED) is 0.894. The molecule has 0 unspecified atom stereocenters. The highest BCUT2D eigenvalue weighted by Crippen LogP contribution is 2.20. The first-order chi connectivity index (χ1) is 9.15. The van der Waals surface area contributed by atoms with Crippen molar-refractivity contribution in [1.29, 1.82) is 5.26 Å². The van der Waals surface area contributed by atoms with Gasteiger partial charge in [-0.2, -0.15) is 5.26 Å². The summed E-state index contributed by atoms with van der Waals surface area (Å²) >= 11 is 0. The normalized spacial score (nSPS) is 8.84. The maximum atomic E-state index is 10.8. The maximum Gasteiger partial charge on any atom is 0.134 e. The second-order valence-electron chi connectivity index (χ2n) is 3.95. The second-order valence-corrected chi connectivity index (χ2v) is 3.95. The standard InChI is InChI=1S/C10H9NO2.C6H6/c1-7(12)5-9-8(6-11)3-2-4-10(9)13;1-2-4-6-5-3-1/h2-4,13H,5H2,1H3;1-6H. The highest BCUT2D eigenvalue weighted by molar-refractivity contribution is 5.79. The average Bonchev–Trinajstić information content (AvgIpc) is 2.43. The third-order valence-corrected chi connectivity index (χ3v) is 2.36. The molecule has 2 aromatic carbocycles. The number of carbonyl (C=O) groups excluding carboxylic acids is 1. The molecule has 0 aromatic heterocycles. The van der Waals surface area contributed by atoms with E-state index in [9.17, 15) is 9.90 Å². The van der Waals surface area contributed by atoms with E-state index in [1.54, 1.807) is 12.1 Å². The van der Waals surface area contributed by atoms with Crippen molar-refractivity contribution in [2.75, 3.05) is 0 Å². The Morgan fingerprint density at radius 3 is 2.05 bits per heavy atom. The number of ketones is 1. The Hall–Kier alpha value is -2.60. The topological polar surface area (TPSA) is 61.1 Å². The van der Waals surface area contributed by atoms with Gasteiger partial charge < -0.3 is 5.11 Å². The Morgan fingerprint density at radius 1 is 1.11 bits per heavy atom. The number of hydrogen-bond donors (Lipinski definition) is 1. The first-order valence-corrected chi connectivity index (χ1v) is 5.85. The van der Waals surface area contributed by atoms with Crippen molar-refractivity contribution in [3.63, 3.8) is 0 Å². The van der Waals surface area contributed by atoms with E-state index >= 15 is 0 Å². The molecule has 1 N–H and O–H groups in total. The molecule has 2 rings (SSSR count). The van der Waals surface area contributed by atoms with Gasteiger partial charge in [-0.25, -0.2) is 0 Å². The van der Waals surface area contributed by atoms with Crippen LogP contribution in [0.5, 0.6) is 5.75 Å². The number of aromatic hydroxyl groups is 1. The van der Waals surface area contributed by atoms with Crippen LogP contribution < -0.4 is 0 Å². The predicted molar refractivity (Wildman–Crippen MR) is 73.6 cm³/mol. The summed E-state index contributed by atoms with van der Waals surface area (Å²) in [5.74, 6) is -0.0627. The number of carbonyl (C=O) groups is 1. The van der Waals surface area contributed by atoms with Crippen LogP contribution >= 0.6 is 0 Å². The molecule has 0 saturated heterocycles. The molecule has 0 heterocycles. The van der Waals surface area contributed by atoms with Gasteiger partial charge in [0.05, 0.1) is 11.6 Å². The molecule has 0 atom stereocenters. The maximum absolute atomic E-state index is 10.8. The lowest BCUT2D eigenvalue weighted by Gasteiger charge is -2.03.